The van der Waals surface area contributed by atoms with Gasteiger partial charge in [0.05, 0.1) is 0 Å². The van der Waals surface area contributed by atoms with Crippen LogP contribution in [0.1, 0.15) is 18.9 Å². The number of hydrogen-bond acceptors (Lipinski definition) is 0. The van der Waals surface area contributed by atoms with Crippen LogP contribution in [-0.4, -0.2) is 0 Å². The van der Waals surface area contributed by atoms with Gasteiger partial charge in [0.15, 0.2) is 6.20 Å². The van der Waals surface area contributed by atoms with Crippen molar-refractivity contribution in [3.63, 3.8) is 0 Å². The lowest BCUT2D eigenvalue weighted by molar-refractivity contribution is -0.686. The molecule has 0 fully saturated rings. The molecule has 1 heteroatoms. The average molecular weight is 288 g/mol. The largest absolute Gasteiger partial charge is 0.212 e. The van der Waals surface area contributed by atoms with E-state index in [1.54, 1.807) is 0 Å². The molecule has 0 atom stereocenters. The Labute approximate surface area is 132 Å². The molecule has 22 heavy (non-hydrogen) atoms. The number of pyridine rings is 1. The summed E-state index contributed by atoms with van der Waals surface area (Å²) >= 11 is 0. The summed E-state index contributed by atoms with van der Waals surface area (Å²) in [6.45, 7) is 5.49. The number of aryl methyl sites for hydroxylation is 1. The minimum Gasteiger partial charge on any atom is -0.198 e. The van der Waals surface area contributed by atoms with Crippen LogP contribution in [0.3, 0.4) is 0 Å². The molecule has 0 bridgehead atoms. The molecule has 0 radical (unpaired) electrons. The summed E-state index contributed by atoms with van der Waals surface area (Å²) in [5.41, 5.74) is 6.53. The van der Waals surface area contributed by atoms with Crippen LogP contribution in [0.4, 0.5) is 0 Å². The number of nitrogens with zero attached hydrogens (tertiary/aromatic N) is 1. The van der Waals surface area contributed by atoms with Crippen LogP contribution in [0.25, 0.3) is 22.4 Å². The summed E-state index contributed by atoms with van der Waals surface area (Å²) in [7, 11) is 0. The number of rotatable bonds is 4. The molecule has 0 aliphatic rings. The second-order valence-electron chi connectivity index (χ2n) is 5.62. The average Bonchev–Trinajstić information content (AvgIpc) is 2.57. The van der Waals surface area contributed by atoms with Crippen LogP contribution < -0.4 is 4.57 Å². The molecular weight excluding hydrogens is 266 g/mol. The number of benzene rings is 2. The molecule has 1 heterocycles. The highest BCUT2D eigenvalue weighted by Gasteiger charge is 2.15. The number of aromatic nitrogens is 1. The van der Waals surface area contributed by atoms with Crippen LogP contribution in [0.15, 0.2) is 72.9 Å². The van der Waals surface area contributed by atoms with Crippen LogP contribution in [0.5, 0.6) is 0 Å². The van der Waals surface area contributed by atoms with Gasteiger partial charge in [-0.15, -0.1) is 0 Å². The van der Waals surface area contributed by atoms with Crippen molar-refractivity contribution >= 4 is 0 Å². The Hall–Kier alpha value is -2.41. The van der Waals surface area contributed by atoms with Crippen LogP contribution in [0.2, 0.25) is 0 Å². The molecule has 0 aliphatic heterocycles. The molecule has 3 rings (SSSR count). The quantitative estimate of drug-likeness (QED) is 0.593. The van der Waals surface area contributed by atoms with E-state index in [-0.39, 0.29) is 0 Å². The maximum Gasteiger partial charge on any atom is 0.212 e. The Morgan fingerprint density at radius 2 is 1.50 bits per heavy atom. The third-order valence-corrected chi connectivity index (χ3v) is 4.10. The number of hydrogen-bond donors (Lipinski definition) is 0. The lowest BCUT2D eigenvalue weighted by atomic mass is 9.94. The molecule has 1 nitrogen and oxygen atoms in total. The Bertz CT molecular complexity index is 760. The van der Waals surface area contributed by atoms with E-state index >= 15 is 0 Å². The van der Waals surface area contributed by atoms with Gasteiger partial charge in [0.25, 0.3) is 0 Å². The first-order valence-electron chi connectivity index (χ1n) is 7.95. The third-order valence-electron chi connectivity index (χ3n) is 4.10. The lowest BCUT2D eigenvalue weighted by Gasteiger charge is -2.11. The topological polar surface area (TPSA) is 3.88 Å². The molecule has 0 N–H and O–H groups in total. The Morgan fingerprint density at radius 1 is 0.773 bits per heavy atom. The maximum atomic E-state index is 2.34. The van der Waals surface area contributed by atoms with Gasteiger partial charge in [-0.05, 0) is 35.7 Å². The first kappa shape index (κ1) is 14.5. The van der Waals surface area contributed by atoms with E-state index in [2.05, 4.69) is 91.3 Å². The van der Waals surface area contributed by atoms with Crippen LogP contribution in [-0.2, 0) is 6.54 Å². The van der Waals surface area contributed by atoms with Crippen molar-refractivity contribution in [1.29, 1.82) is 0 Å². The summed E-state index contributed by atoms with van der Waals surface area (Å²) in [4.78, 5) is 0. The van der Waals surface area contributed by atoms with Crippen molar-refractivity contribution in [3.8, 4) is 22.4 Å². The summed E-state index contributed by atoms with van der Waals surface area (Å²) in [6, 6.07) is 23.7. The smallest absolute Gasteiger partial charge is 0.198 e. The van der Waals surface area contributed by atoms with Gasteiger partial charge in [-0.1, -0.05) is 49.4 Å². The summed E-state index contributed by atoms with van der Waals surface area (Å²) in [6.07, 6.45) is 3.31. The zero-order valence-corrected chi connectivity index (χ0v) is 13.3. The molecule has 0 unspecified atom stereocenters. The highest BCUT2D eigenvalue weighted by molar-refractivity contribution is 5.75. The summed E-state index contributed by atoms with van der Waals surface area (Å²) in [5, 5.41) is 0. The Balaban J connectivity index is 2.14. The van der Waals surface area contributed by atoms with Crippen molar-refractivity contribution < 1.29 is 4.57 Å². The maximum absolute atomic E-state index is 2.34. The molecule has 0 saturated carbocycles. The van der Waals surface area contributed by atoms with Crippen molar-refractivity contribution in [2.24, 2.45) is 0 Å². The third kappa shape index (κ3) is 2.80. The molecule has 3 aromatic rings. The fourth-order valence-electron chi connectivity index (χ4n) is 3.00. The van der Waals surface area contributed by atoms with Crippen LogP contribution >= 0.6 is 0 Å². The zero-order valence-electron chi connectivity index (χ0n) is 13.3. The van der Waals surface area contributed by atoms with Crippen molar-refractivity contribution in [2.45, 2.75) is 26.8 Å². The molecular formula is C21H22N+. The monoisotopic (exact) mass is 288 g/mol. The normalized spacial score (nSPS) is 10.6. The fourth-order valence-corrected chi connectivity index (χ4v) is 3.00. The van der Waals surface area contributed by atoms with E-state index in [0.29, 0.717) is 0 Å². The molecule has 2 aromatic carbocycles. The van der Waals surface area contributed by atoms with Gasteiger partial charge in [0, 0.05) is 24.1 Å². The lowest BCUT2D eigenvalue weighted by Crippen LogP contribution is -2.35. The van der Waals surface area contributed by atoms with E-state index in [1.165, 1.54) is 27.9 Å². The zero-order chi connectivity index (χ0) is 15.4. The Morgan fingerprint density at radius 3 is 2.27 bits per heavy atom. The van der Waals surface area contributed by atoms with Gasteiger partial charge in [-0.2, -0.15) is 4.57 Å². The van der Waals surface area contributed by atoms with Crippen molar-refractivity contribution in [3.05, 3.63) is 78.5 Å². The van der Waals surface area contributed by atoms with E-state index in [1.807, 2.05) is 0 Å². The minimum atomic E-state index is 1.05. The SMILES string of the molecule is CCC[n+]1ccccc1-c1cccc(-c2ccccc2)c1C. The van der Waals surface area contributed by atoms with E-state index < -0.39 is 0 Å². The fraction of sp³-hybridized carbons (Fsp3) is 0.190. The van der Waals surface area contributed by atoms with Crippen LogP contribution in [0, 0.1) is 6.92 Å². The molecule has 0 aliphatic carbocycles. The molecule has 0 spiro atoms. The van der Waals surface area contributed by atoms with Gasteiger partial charge in [0.2, 0.25) is 5.69 Å². The summed E-state index contributed by atoms with van der Waals surface area (Å²) in [5.74, 6) is 0. The van der Waals surface area contributed by atoms with Crippen molar-refractivity contribution in [2.75, 3.05) is 0 Å². The second kappa shape index (κ2) is 6.57. The molecule has 110 valence electrons. The van der Waals surface area contributed by atoms with Gasteiger partial charge in [-0.3, -0.25) is 0 Å². The van der Waals surface area contributed by atoms with Crippen molar-refractivity contribution in [1.82, 2.24) is 0 Å². The Kier molecular flexibility index (Phi) is 4.34. The highest BCUT2D eigenvalue weighted by atomic mass is 14.9. The van der Waals surface area contributed by atoms with E-state index in [4.69, 9.17) is 0 Å². The molecule has 0 amide bonds. The summed E-state index contributed by atoms with van der Waals surface area (Å²) < 4.78 is 2.34. The van der Waals surface area contributed by atoms with Gasteiger partial charge in [-0.25, -0.2) is 0 Å². The van der Waals surface area contributed by atoms with E-state index in [9.17, 15) is 0 Å². The first-order valence-corrected chi connectivity index (χ1v) is 7.95. The highest BCUT2D eigenvalue weighted by Crippen LogP contribution is 2.30. The minimum absolute atomic E-state index is 1.05. The first-order chi connectivity index (χ1) is 10.8. The van der Waals surface area contributed by atoms with E-state index in [0.717, 1.165) is 13.0 Å². The second-order valence-corrected chi connectivity index (χ2v) is 5.62. The standard InChI is InChI=1S/C21H22N/c1-3-15-22-16-8-7-14-21(22)20-13-9-12-19(17(20)2)18-10-5-4-6-11-18/h4-14,16H,3,15H2,1-2H3/q+1. The molecule has 1 aromatic heterocycles. The predicted octanol–water partition coefficient (Wildman–Crippen LogP) is 5.03. The van der Waals surface area contributed by atoms with Gasteiger partial charge < -0.3 is 0 Å². The van der Waals surface area contributed by atoms with Gasteiger partial charge >= 0.3 is 0 Å². The molecule has 0 saturated heterocycles. The van der Waals surface area contributed by atoms with Gasteiger partial charge in [0.1, 0.15) is 6.54 Å². The predicted molar refractivity (Wildman–Crippen MR) is 92.5 cm³/mol.